The average molecular weight is 402 g/mol. The number of para-hydroxylation sites is 1. The van der Waals surface area contributed by atoms with Crippen molar-refractivity contribution in [3.8, 4) is 0 Å². The summed E-state index contributed by atoms with van der Waals surface area (Å²) in [4.78, 5) is 33.5. The first-order valence-corrected chi connectivity index (χ1v) is 9.68. The Morgan fingerprint density at radius 3 is 2.21 bits per heavy atom. The molecular formula is C20H26N4O5. The molecule has 2 atom stereocenters. The van der Waals surface area contributed by atoms with E-state index in [0.717, 1.165) is 23.7 Å². The van der Waals surface area contributed by atoms with Gasteiger partial charge in [0.15, 0.2) is 5.69 Å². The summed E-state index contributed by atoms with van der Waals surface area (Å²) in [6, 6.07) is 9.42. The molecule has 156 valence electrons. The second kappa shape index (κ2) is 8.60. The molecule has 1 aromatic carbocycles. The number of piperidine rings is 2. The fourth-order valence-corrected chi connectivity index (χ4v) is 4.37. The SMILES string of the molecule is CN1[C@H]2CCC[C@H]1CC(NC(=O)c1nn(C)c3ccccc13)C2.O=C(O)C(=O)O. The number of amides is 1. The van der Waals surface area contributed by atoms with Crippen LogP contribution in [0.2, 0.25) is 0 Å². The molecule has 3 heterocycles. The number of aryl methyl sites for hydroxylation is 1. The zero-order valence-corrected chi connectivity index (χ0v) is 16.5. The van der Waals surface area contributed by atoms with E-state index in [1.807, 2.05) is 31.3 Å². The molecule has 2 aromatic rings. The van der Waals surface area contributed by atoms with Gasteiger partial charge in [0.25, 0.3) is 5.91 Å². The van der Waals surface area contributed by atoms with E-state index < -0.39 is 11.9 Å². The van der Waals surface area contributed by atoms with Crippen molar-refractivity contribution >= 4 is 28.7 Å². The van der Waals surface area contributed by atoms with Gasteiger partial charge in [0.05, 0.1) is 5.52 Å². The molecule has 2 saturated heterocycles. The molecule has 2 aliphatic rings. The Kier molecular flexibility index (Phi) is 6.17. The highest BCUT2D eigenvalue weighted by molar-refractivity contribution is 6.27. The predicted molar refractivity (Wildman–Crippen MR) is 106 cm³/mol. The van der Waals surface area contributed by atoms with Gasteiger partial charge < -0.3 is 20.4 Å². The van der Waals surface area contributed by atoms with Gasteiger partial charge in [-0.2, -0.15) is 5.10 Å². The summed E-state index contributed by atoms with van der Waals surface area (Å²) in [6.07, 6.45) is 5.95. The minimum atomic E-state index is -1.82. The van der Waals surface area contributed by atoms with Crippen LogP contribution in [0.4, 0.5) is 0 Å². The Morgan fingerprint density at radius 2 is 1.62 bits per heavy atom. The van der Waals surface area contributed by atoms with E-state index in [-0.39, 0.29) is 11.9 Å². The first-order chi connectivity index (χ1) is 13.8. The number of carbonyl (C=O) groups is 3. The quantitative estimate of drug-likeness (QED) is 0.650. The van der Waals surface area contributed by atoms with Gasteiger partial charge in [0.1, 0.15) is 0 Å². The van der Waals surface area contributed by atoms with Crippen LogP contribution in [0.1, 0.15) is 42.6 Å². The van der Waals surface area contributed by atoms with Crippen molar-refractivity contribution in [3.05, 3.63) is 30.0 Å². The van der Waals surface area contributed by atoms with Gasteiger partial charge in [-0.15, -0.1) is 0 Å². The van der Waals surface area contributed by atoms with E-state index in [0.29, 0.717) is 17.8 Å². The van der Waals surface area contributed by atoms with Gasteiger partial charge in [-0.05, 0) is 38.8 Å². The highest BCUT2D eigenvalue weighted by atomic mass is 16.4. The van der Waals surface area contributed by atoms with Crippen LogP contribution in [0.3, 0.4) is 0 Å². The summed E-state index contributed by atoms with van der Waals surface area (Å²) >= 11 is 0. The lowest BCUT2D eigenvalue weighted by molar-refractivity contribution is -0.159. The Morgan fingerprint density at radius 1 is 1.03 bits per heavy atom. The number of carboxylic acid groups (broad SMARTS) is 2. The fourth-order valence-electron chi connectivity index (χ4n) is 4.37. The summed E-state index contributed by atoms with van der Waals surface area (Å²) in [5.74, 6) is -3.68. The summed E-state index contributed by atoms with van der Waals surface area (Å²) < 4.78 is 1.79. The van der Waals surface area contributed by atoms with Crippen LogP contribution in [-0.4, -0.2) is 67.9 Å². The van der Waals surface area contributed by atoms with Gasteiger partial charge in [-0.25, -0.2) is 9.59 Å². The third-order valence-corrected chi connectivity index (χ3v) is 5.83. The second-order valence-corrected chi connectivity index (χ2v) is 7.65. The summed E-state index contributed by atoms with van der Waals surface area (Å²) in [5, 5.41) is 23.4. The van der Waals surface area contributed by atoms with Gasteiger partial charge in [-0.3, -0.25) is 9.48 Å². The first kappa shape index (κ1) is 20.8. The zero-order chi connectivity index (χ0) is 21.1. The molecule has 2 bridgehead atoms. The highest BCUT2D eigenvalue weighted by Gasteiger charge is 2.36. The van der Waals surface area contributed by atoms with E-state index in [9.17, 15) is 4.79 Å². The topological polar surface area (TPSA) is 125 Å². The molecule has 1 amide bonds. The lowest BCUT2D eigenvalue weighted by Crippen LogP contribution is -2.55. The van der Waals surface area contributed by atoms with Crippen LogP contribution >= 0.6 is 0 Å². The molecule has 0 unspecified atom stereocenters. The predicted octanol–water partition coefficient (Wildman–Crippen LogP) is 1.47. The Balaban J connectivity index is 0.000000353. The third kappa shape index (κ3) is 4.56. The van der Waals surface area contributed by atoms with Crippen LogP contribution in [0.5, 0.6) is 0 Å². The molecule has 1 aromatic heterocycles. The van der Waals surface area contributed by atoms with Crippen LogP contribution in [-0.2, 0) is 16.6 Å². The van der Waals surface area contributed by atoms with Crippen LogP contribution in [0.25, 0.3) is 10.9 Å². The van der Waals surface area contributed by atoms with Crippen LogP contribution < -0.4 is 5.32 Å². The van der Waals surface area contributed by atoms with E-state index in [1.54, 1.807) is 4.68 Å². The average Bonchev–Trinajstić information content (AvgIpc) is 3.00. The number of rotatable bonds is 2. The Hall–Kier alpha value is -2.94. The standard InChI is InChI=1S/C18H24N4O.C2H2O4/c1-21-13-6-5-7-14(21)11-12(10-13)19-18(23)17-15-8-3-4-9-16(15)22(2)20-17;3-1(4)2(5)6/h3-4,8-9,12-14H,5-7,10-11H2,1-2H3,(H,19,23);(H,3,4)(H,5,6)/t13-,14-;/m0./s1. The molecule has 2 aliphatic heterocycles. The number of hydrogen-bond acceptors (Lipinski definition) is 5. The smallest absolute Gasteiger partial charge is 0.414 e. The maximum Gasteiger partial charge on any atom is 0.414 e. The van der Waals surface area contributed by atoms with Crippen LogP contribution in [0.15, 0.2) is 24.3 Å². The summed E-state index contributed by atoms with van der Waals surface area (Å²) in [7, 11) is 4.12. The summed E-state index contributed by atoms with van der Waals surface area (Å²) in [6.45, 7) is 0. The van der Waals surface area contributed by atoms with Crippen molar-refractivity contribution in [2.24, 2.45) is 7.05 Å². The number of nitrogens with one attached hydrogen (secondary N) is 1. The first-order valence-electron chi connectivity index (χ1n) is 9.68. The van der Waals surface area contributed by atoms with E-state index in [4.69, 9.17) is 19.8 Å². The van der Waals surface area contributed by atoms with Gasteiger partial charge in [-0.1, -0.05) is 24.6 Å². The number of benzene rings is 1. The molecule has 0 saturated carbocycles. The van der Waals surface area contributed by atoms with E-state index in [1.165, 1.54) is 19.3 Å². The molecule has 29 heavy (non-hydrogen) atoms. The second-order valence-electron chi connectivity index (χ2n) is 7.65. The van der Waals surface area contributed by atoms with Gasteiger partial charge >= 0.3 is 11.9 Å². The van der Waals surface area contributed by atoms with E-state index in [2.05, 4.69) is 22.4 Å². The number of fused-ring (bicyclic) bond motifs is 3. The van der Waals surface area contributed by atoms with Crippen LogP contribution in [0, 0.1) is 0 Å². The van der Waals surface area contributed by atoms with Crippen molar-refractivity contribution in [2.75, 3.05) is 7.05 Å². The molecule has 0 radical (unpaired) electrons. The van der Waals surface area contributed by atoms with E-state index >= 15 is 0 Å². The van der Waals surface area contributed by atoms with Crippen molar-refractivity contribution in [1.29, 1.82) is 0 Å². The third-order valence-electron chi connectivity index (χ3n) is 5.83. The molecular weight excluding hydrogens is 376 g/mol. The molecule has 9 nitrogen and oxygen atoms in total. The molecule has 0 aliphatic carbocycles. The minimum Gasteiger partial charge on any atom is -0.473 e. The maximum atomic E-state index is 12.7. The Bertz CT molecular complexity index is 899. The maximum absolute atomic E-state index is 12.7. The largest absolute Gasteiger partial charge is 0.473 e. The molecule has 4 rings (SSSR count). The van der Waals surface area contributed by atoms with Crippen molar-refractivity contribution in [3.63, 3.8) is 0 Å². The fraction of sp³-hybridized carbons (Fsp3) is 0.500. The monoisotopic (exact) mass is 402 g/mol. The number of carbonyl (C=O) groups excluding carboxylic acids is 1. The molecule has 9 heteroatoms. The normalized spacial score (nSPS) is 23.7. The number of nitrogens with zero attached hydrogens (tertiary/aromatic N) is 3. The molecule has 0 spiro atoms. The molecule has 2 fully saturated rings. The molecule has 3 N–H and O–H groups in total. The number of hydrogen-bond donors (Lipinski definition) is 3. The number of aromatic nitrogens is 2. The van der Waals surface area contributed by atoms with Crippen molar-refractivity contribution in [1.82, 2.24) is 20.0 Å². The van der Waals surface area contributed by atoms with Crippen molar-refractivity contribution < 1.29 is 24.6 Å². The zero-order valence-electron chi connectivity index (χ0n) is 16.5. The number of carboxylic acids is 2. The highest BCUT2D eigenvalue weighted by Crippen LogP contribution is 2.32. The lowest BCUT2D eigenvalue weighted by atomic mass is 9.82. The lowest BCUT2D eigenvalue weighted by Gasteiger charge is -2.47. The minimum absolute atomic E-state index is 0.0329. The van der Waals surface area contributed by atoms with Gasteiger partial charge in [0.2, 0.25) is 0 Å². The van der Waals surface area contributed by atoms with Gasteiger partial charge in [0, 0.05) is 30.6 Å². The summed E-state index contributed by atoms with van der Waals surface area (Å²) in [5.41, 5.74) is 1.55. The Labute approximate surface area is 168 Å². The number of aliphatic carboxylic acids is 2. The van der Waals surface area contributed by atoms with Crippen molar-refractivity contribution in [2.45, 2.75) is 50.2 Å².